The van der Waals surface area contributed by atoms with E-state index in [-0.39, 0.29) is 0 Å². The minimum absolute atomic E-state index is 0.789. The normalized spacial score (nSPS) is 12.5. The minimum Gasteiger partial charge on any atom is -0.291 e. The molecule has 0 unspecified atom stereocenters. The van der Waals surface area contributed by atoms with E-state index in [2.05, 4.69) is 349 Å². The fourth-order valence-electron chi connectivity index (χ4n) is 19.4. The fraction of sp³-hybridized carbons (Fsp3) is 0. The van der Waals surface area contributed by atoms with E-state index in [1.54, 1.807) is 0 Å². The summed E-state index contributed by atoms with van der Waals surface area (Å²) >= 11 is 3.66. The summed E-state index contributed by atoms with van der Waals surface area (Å²) in [6.45, 7) is 0. The molecule has 514 valence electrons. The lowest BCUT2D eigenvalue weighted by Gasteiger charge is -2.17. The van der Waals surface area contributed by atoms with Crippen LogP contribution >= 0.6 is 22.7 Å². The van der Waals surface area contributed by atoms with E-state index in [9.17, 15) is 0 Å². The zero-order valence-corrected chi connectivity index (χ0v) is 61.5. The zero-order chi connectivity index (χ0) is 72.7. The summed E-state index contributed by atoms with van der Waals surface area (Å²) in [6, 6.07) is 126. The summed E-state index contributed by atoms with van der Waals surface area (Å²) in [5, 5.41) is 33.3. The van der Waals surface area contributed by atoms with Crippen LogP contribution in [0.5, 0.6) is 0 Å². The van der Waals surface area contributed by atoms with Crippen molar-refractivity contribution in [3.63, 3.8) is 0 Å². The molecule has 0 bridgehead atoms. The Balaban J connectivity index is 0.694. The second-order valence-corrected chi connectivity index (χ2v) is 32.3. The molecule has 6 nitrogen and oxygen atoms in total. The molecule has 0 aliphatic heterocycles. The van der Waals surface area contributed by atoms with E-state index < -0.39 is 0 Å². The van der Waals surface area contributed by atoms with Gasteiger partial charge in [0.15, 0.2) is 11.6 Å². The third kappa shape index (κ3) is 8.40. The lowest BCUT2D eigenvalue weighted by Crippen LogP contribution is -2.04. The van der Waals surface area contributed by atoms with Gasteiger partial charge in [-0.2, -0.15) is 0 Å². The summed E-state index contributed by atoms with van der Waals surface area (Å²) in [7, 11) is 0. The Bertz CT molecular complexity index is 8770. The molecule has 8 heteroatoms. The summed E-state index contributed by atoms with van der Waals surface area (Å²) in [5.41, 5.74) is 13.7. The number of hydrogen-bond donors (Lipinski definition) is 0. The molecule has 0 amide bonds. The Labute approximate surface area is 645 Å². The van der Waals surface area contributed by atoms with Gasteiger partial charge in [-0.1, -0.05) is 279 Å². The predicted octanol–water partition coefficient (Wildman–Crippen LogP) is 29.0. The Morgan fingerprint density at radius 1 is 0.196 bits per heavy atom. The summed E-state index contributed by atoms with van der Waals surface area (Å²) in [5.74, 6) is 1.58. The number of rotatable bonds is 5. The first-order chi connectivity index (χ1) is 55.5. The molecule has 6 aromatic heterocycles. The van der Waals surface area contributed by atoms with Crippen LogP contribution in [0.15, 0.2) is 340 Å². The highest BCUT2D eigenvalue weighted by atomic mass is 32.1. The number of thiophene rings is 2. The first-order valence-electron chi connectivity index (χ1n) is 38.2. The average Bonchev–Trinajstić information content (AvgIpc) is 1.51. The average molecular weight is 1450 g/mol. The molecule has 20 aromatic carbocycles. The van der Waals surface area contributed by atoms with E-state index >= 15 is 0 Å². The van der Waals surface area contributed by atoms with E-state index in [0.717, 1.165) is 133 Å². The van der Waals surface area contributed by atoms with Crippen molar-refractivity contribution < 1.29 is 0 Å². The number of hydrogen-bond acceptors (Lipinski definition) is 6. The van der Waals surface area contributed by atoms with Gasteiger partial charge >= 0.3 is 0 Å². The van der Waals surface area contributed by atoms with Crippen LogP contribution in [0.4, 0.5) is 0 Å². The van der Waals surface area contributed by atoms with Crippen molar-refractivity contribution in [1.82, 2.24) is 29.1 Å². The molecular weight excluding hydrogens is 1400 g/mol. The highest BCUT2D eigenvalue weighted by molar-refractivity contribution is 7.26. The van der Waals surface area contributed by atoms with Crippen LogP contribution < -0.4 is 0 Å². The maximum Gasteiger partial charge on any atom is 0.165 e. The van der Waals surface area contributed by atoms with Gasteiger partial charge in [-0.05, 0) is 147 Å². The Hall–Kier alpha value is -14.3. The molecule has 0 spiro atoms. The molecule has 0 radical (unpaired) electrons. The van der Waals surface area contributed by atoms with Crippen molar-refractivity contribution in [3.8, 4) is 45.3 Å². The van der Waals surface area contributed by atoms with Gasteiger partial charge in [0.05, 0.1) is 44.1 Å². The van der Waals surface area contributed by atoms with Crippen LogP contribution in [0.25, 0.3) is 259 Å². The van der Waals surface area contributed by atoms with Crippen LogP contribution in [0.3, 0.4) is 0 Å². The lowest BCUT2D eigenvalue weighted by molar-refractivity contribution is 1.09. The molecule has 112 heavy (non-hydrogen) atoms. The highest BCUT2D eigenvalue weighted by Gasteiger charge is 2.28. The van der Waals surface area contributed by atoms with Gasteiger partial charge < -0.3 is 0 Å². The minimum atomic E-state index is 0.789. The molecule has 26 rings (SSSR count). The summed E-state index contributed by atoms with van der Waals surface area (Å²) in [6.07, 6.45) is 0. The predicted molar refractivity (Wildman–Crippen MR) is 478 cm³/mol. The molecule has 0 atom stereocenters. The Kier molecular flexibility index (Phi) is 12.3. The maximum absolute atomic E-state index is 6.00. The monoisotopic (exact) mass is 1450 g/mol. The summed E-state index contributed by atoms with van der Waals surface area (Å²) < 4.78 is 9.86. The van der Waals surface area contributed by atoms with Crippen LogP contribution in [-0.2, 0) is 0 Å². The number of benzene rings is 20. The van der Waals surface area contributed by atoms with Gasteiger partial charge in [-0.3, -0.25) is 9.13 Å². The van der Waals surface area contributed by atoms with Crippen LogP contribution in [0.1, 0.15) is 0 Å². The lowest BCUT2D eigenvalue weighted by atomic mass is 9.89. The van der Waals surface area contributed by atoms with Gasteiger partial charge in [0.2, 0.25) is 0 Å². The second-order valence-electron chi connectivity index (χ2n) is 30.1. The molecule has 0 saturated heterocycles. The Morgan fingerprint density at radius 3 is 1.12 bits per heavy atom. The van der Waals surface area contributed by atoms with Crippen molar-refractivity contribution in [2.24, 2.45) is 0 Å². The van der Waals surface area contributed by atoms with E-state index in [1.165, 1.54) is 127 Å². The zero-order valence-electron chi connectivity index (χ0n) is 59.8. The Morgan fingerprint density at radius 2 is 0.545 bits per heavy atom. The highest BCUT2D eigenvalue weighted by Crippen LogP contribution is 2.51. The molecule has 6 heterocycles. The number of fused-ring (bicyclic) bond motifs is 36. The molecular formula is C104H56N6S2. The quantitative estimate of drug-likeness (QED) is 0.161. The smallest absolute Gasteiger partial charge is 0.165 e. The van der Waals surface area contributed by atoms with Gasteiger partial charge in [0.1, 0.15) is 11.4 Å². The topological polar surface area (TPSA) is 61.4 Å². The van der Waals surface area contributed by atoms with Crippen molar-refractivity contribution in [1.29, 1.82) is 0 Å². The molecule has 0 aliphatic carbocycles. The van der Waals surface area contributed by atoms with Crippen LogP contribution in [-0.4, -0.2) is 29.1 Å². The number of nitrogens with zero attached hydrogens (tertiary/aromatic N) is 6. The maximum atomic E-state index is 6.00. The largest absolute Gasteiger partial charge is 0.291 e. The van der Waals surface area contributed by atoms with Crippen molar-refractivity contribution in [3.05, 3.63) is 340 Å². The second kappa shape index (κ2) is 22.7. The molecule has 26 aromatic rings. The van der Waals surface area contributed by atoms with Crippen molar-refractivity contribution >= 4 is 236 Å². The van der Waals surface area contributed by atoms with E-state index in [4.69, 9.17) is 19.9 Å². The standard InChI is InChI=1S/C104H56N6S2/c1-4-20-65-57(17-1)39-49-85-100(65)108-104(97(105-85)63-37-42-76-74-28-13-15-31-89(74)111-91(76)55-63)110-88-52-48-80-72-26-9-10-27-73(72)84-54-61(36-44-81(84)94(80)96(88)83-46-34-59-19-3-6-22-68(59)102(83)110)60-35-41-66-62(53-60)40-50-86-99(66)107-98(64-38-43-77-75-29-14-16-32-90(75)112-92(77)56-64)103(106-86)109-87-51-47-79-71-25-8-7-23-69(71)70-24-11-12-30-78(70)93(79)95(87)82-45-33-58-18-2-5-21-67(58)101(82)109/h1-56H. The van der Waals surface area contributed by atoms with E-state index in [0.29, 0.717) is 0 Å². The van der Waals surface area contributed by atoms with Crippen LogP contribution in [0, 0.1) is 0 Å². The van der Waals surface area contributed by atoms with Crippen LogP contribution in [0.2, 0.25) is 0 Å². The molecule has 0 N–H and O–H groups in total. The summed E-state index contributed by atoms with van der Waals surface area (Å²) in [4.78, 5) is 23.6. The third-order valence-corrected chi connectivity index (χ3v) is 26.6. The first-order valence-corrected chi connectivity index (χ1v) is 39.9. The number of aromatic nitrogens is 6. The van der Waals surface area contributed by atoms with Crippen molar-refractivity contribution in [2.75, 3.05) is 0 Å². The molecule has 0 aliphatic rings. The van der Waals surface area contributed by atoms with Gasteiger partial charge in [0.25, 0.3) is 0 Å². The SMILES string of the molecule is c1ccc2c(c1)ccc1nc(-c3ccc4c(c3)sc3ccccc34)c(-n3c4ccc5c6ccccc6c6cc(-c7ccc8c(ccc9nc(-n%10c%11ccc%12c%13ccccc%13c%13ccccc%13c%12c%11c%11ccc%12ccccc%12c%11%10)c(-c%10ccc%11c(c%10)sc%10ccccc%10%11)nc98)c7)ccc6c5c4c4ccc5ccccc5c43)nc12. The molecule has 0 fully saturated rings. The van der Waals surface area contributed by atoms with Gasteiger partial charge in [0, 0.05) is 105 Å². The first kappa shape index (κ1) is 60.7. The third-order valence-electron chi connectivity index (χ3n) is 24.4. The van der Waals surface area contributed by atoms with E-state index in [1.807, 2.05) is 22.7 Å². The van der Waals surface area contributed by atoms with Gasteiger partial charge in [-0.25, -0.2) is 19.9 Å². The van der Waals surface area contributed by atoms with Crippen molar-refractivity contribution in [2.45, 2.75) is 0 Å². The fourth-order valence-corrected chi connectivity index (χ4v) is 21.7. The molecule has 0 saturated carbocycles. The van der Waals surface area contributed by atoms with Gasteiger partial charge in [-0.15, -0.1) is 22.7 Å².